The van der Waals surface area contributed by atoms with E-state index in [-0.39, 0.29) is 23.3 Å². The highest BCUT2D eigenvalue weighted by atomic mass is 35.5. The maximum absolute atomic E-state index is 12.3. The van der Waals surface area contributed by atoms with E-state index in [0.29, 0.717) is 34.8 Å². The summed E-state index contributed by atoms with van der Waals surface area (Å²) in [6.45, 7) is 2.27. The second kappa shape index (κ2) is 6.45. The molecule has 6 heteroatoms. The Balaban J connectivity index is 1.84. The standard InChI is InChI=1S/C18H15ClN2O3/c1-2-9-21-17(23)14-8-3-11(10-15(14)18(21)24)16(22)20-13-6-4-12(19)5-7-13/h3-8,10H,2,9H2,1H3,(H,20,22). The van der Waals surface area contributed by atoms with E-state index >= 15 is 0 Å². The summed E-state index contributed by atoms with van der Waals surface area (Å²) in [5.41, 5.74) is 1.54. The Morgan fingerprint density at radius 2 is 1.71 bits per heavy atom. The third kappa shape index (κ3) is 2.90. The number of fused-ring (bicyclic) bond motifs is 1. The molecule has 0 radical (unpaired) electrons. The lowest BCUT2D eigenvalue weighted by molar-refractivity contribution is 0.0654. The summed E-state index contributed by atoms with van der Waals surface area (Å²) in [6.07, 6.45) is 0.690. The summed E-state index contributed by atoms with van der Waals surface area (Å²) >= 11 is 5.81. The molecule has 0 saturated carbocycles. The van der Waals surface area contributed by atoms with E-state index in [1.807, 2.05) is 6.92 Å². The van der Waals surface area contributed by atoms with Crippen LogP contribution >= 0.6 is 11.6 Å². The number of imide groups is 1. The van der Waals surface area contributed by atoms with Crippen LogP contribution in [0.25, 0.3) is 0 Å². The highest BCUT2D eigenvalue weighted by Crippen LogP contribution is 2.24. The summed E-state index contributed by atoms with van der Waals surface area (Å²) in [5, 5.41) is 3.31. The van der Waals surface area contributed by atoms with Crippen LogP contribution in [0.15, 0.2) is 42.5 Å². The SMILES string of the molecule is CCCN1C(=O)c2ccc(C(=O)Nc3ccc(Cl)cc3)cc2C1=O. The van der Waals surface area contributed by atoms with Gasteiger partial charge in [0.25, 0.3) is 17.7 Å². The highest BCUT2D eigenvalue weighted by molar-refractivity contribution is 6.30. The van der Waals surface area contributed by atoms with Crippen molar-refractivity contribution in [3.8, 4) is 0 Å². The Labute approximate surface area is 144 Å². The summed E-state index contributed by atoms with van der Waals surface area (Å²) in [4.78, 5) is 38.1. The molecule has 1 aliphatic heterocycles. The summed E-state index contributed by atoms with van der Waals surface area (Å²) < 4.78 is 0. The maximum atomic E-state index is 12.3. The Kier molecular flexibility index (Phi) is 4.36. The van der Waals surface area contributed by atoms with Gasteiger partial charge in [-0.3, -0.25) is 19.3 Å². The molecule has 0 aliphatic carbocycles. The molecular formula is C18H15ClN2O3. The number of anilines is 1. The molecule has 5 nitrogen and oxygen atoms in total. The molecule has 0 spiro atoms. The van der Waals surface area contributed by atoms with E-state index in [2.05, 4.69) is 5.32 Å². The van der Waals surface area contributed by atoms with Crippen LogP contribution in [0.3, 0.4) is 0 Å². The Bertz CT molecular complexity index is 831. The summed E-state index contributed by atoms with van der Waals surface area (Å²) in [5.74, 6) is -1.01. The molecular weight excluding hydrogens is 328 g/mol. The van der Waals surface area contributed by atoms with Crippen molar-refractivity contribution in [3.05, 3.63) is 64.2 Å². The molecule has 1 heterocycles. The summed E-state index contributed by atoms with van der Waals surface area (Å²) in [7, 11) is 0. The predicted molar refractivity (Wildman–Crippen MR) is 91.5 cm³/mol. The van der Waals surface area contributed by atoms with Crippen LogP contribution in [0.2, 0.25) is 5.02 Å². The number of amides is 3. The van der Waals surface area contributed by atoms with Gasteiger partial charge in [-0.15, -0.1) is 0 Å². The topological polar surface area (TPSA) is 66.5 Å². The lowest BCUT2D eigenvalue weighted by Crippen LogP contribution is -2.30. The number of rotatable bonds is 4. The molecule has 3 amide bonds. The van der Waals surface area contributed by atoms with Crippen LogP contribution in [0.1, 0.15) is 44.4 Å². The van der Waals surface area contributed by atoms with Crippen LogP contribution in [0, 0.1) is 0 Å². The largest absolute Gasteiger partial charge is 0.322 e. The van der Waals surface area contributed by atoms with Gasteiger partial charge in [-0.05, 0) is 48.9 Å². The van der Waals surface area contributed by atoms with E-state index in [9.17, 15) is 14.4 Å². The third-order valence-corrected chi connectivity index (χ3v) is 4.03. The molecule has 24 heavy (non-hydrogen) atoms. The second-order valence-electron chi connectivity index (χ2n) is 5.48. The van der Waals surface area contributed by atoms with Crippen LogP contribution in [0.5, 0.6) is 0 Å². The molecule has 3 rings (SSSR count). The fourth-order valence-corrected chi connectivity index (χ4v) is 2.72. The molecule has 1 N–H and O–H groups in total. The minimum Gasteiger partial charge on any atom is -0.322 e. The van der Waals surface area contributed by atoms with Crippen LogP contribution < -0.4 is 5.32 Å². The smallest absolute Gasteiger partial charge is 0.261 e. The first-order chi connectivity index (χ1) is 11.5. The van der Waals surface area contributed by atoms with Crippen LogP contribution in [0.4, 0.5) is 5.69 Å². The van der Waals surface area contributed by atoms with Gasteiger partial charge in [0.05, 0.1) is 11.1 Å². The van der Waals surface area contributed by atoms with Crippen LogP contribution in [-0.2, 0) is 0 Å². The molecule has 0 aromatic heterocycles. The third-order valence-electron chi connectivity index (χ3n) is 3.78. The fourth-order valence-electron chi connectivity index (χ4n) is 2.60. The van der Waals surface area contributed by atoms with Gasteiger partial charge in [-0.2, -0.15) is 0 Å². The van der Waals surface area contributed by atoms with E-state index in [1.54, 1.807) is 30.3 Å². The average Bonchev–Trinajstić information content (AvgIpc) is 2.82. The number of hydrogen-bond donors (Lipinski definition) is 1. The number of halogens is 1. The van der Waals surface area contributed by atoms with Gasteiger partial charge in [-0.25, -0.2) is 0 Å². The molecule has 0 unspecified atom stereocenters. The molecule has 1 aliphatic rings. The number of nitrogens with one attached hydrogen (secondary N) is 1. The molecule has 0 fully saturated rings. The van der Waals surface area contributed by atoms with Gasteiger partial charge < -0.3 is 5.32 Å². The second-order valence-corrected chi connectivity index (χ2v) is 5.92. The number of benzene rings is 2. The Morgan fingerprint density at radius 3 is 2.38 bits per heavy atom. The zero-order valence-electron chi connectivity index (χ0n) is 13.0. The molecule has 122 valence electrons. The molecule has 2 aromatic rings. The number of nitrogens with zero attached hydrogens (tertiary/aromatic N) is 1. The van der Waals surface area contributed by atoms with Crippen LogP contribution in [-0.4, -0.2) is 29.2 Å². The molecule has 2 aromatic carbocycles. The maximum Gasteiger partial charge on any atom is 0.261 e. The first-order valence-electron chi connectivity index (χ1n) is 7.58. The van der Waals surface area contributed by atoms with Crippen molar-refractivity contribution in [2.24, 2.45) is 0 Å². The first kappa shape index (κ1) is 16.2. The Morgan fingerprint density at radius 1 is 1.04 bits per heavy atom. The van der Waals surface area contributed by atoms with Crippen molar-refractivity contribution in [2.75, 3.05) is 11.9 Å². The van der Waals surface area contributed by atoms with E-state index < -0.39 is 0 Å². The quantitative estimate of drug-likeness (QED) is 0.863. The van der Waals surface area contributed by atoms with Crippen molar-refractivity contribution in [1.82, 2.24) is 4.90 Å². The predicted octanol–water partition coefficient (Wildman–Crippen LogP) is 3.60. The molecule has 0 atom stereocenters. The van der Waals surface area contributed by atoms with E-state index in [1.165, 1.54) is 17.0 Å². The van der Waals surface area contributed by atoms with E-state index in [0.717, 1.165) is 0 Å². The van der Waals surface area contributed by atoms with Gasteiger partial charge in [-0.1, -0.05) is 18.5 Å². The average molecular weight is 343 g/mol. The van der Waals surface area contributed by atoms with Gasteiger partial charge in [0.15, 0.2) is 0 Å². The first-order valence-corrected chi connectivity index (χ1v) is 7.96. The lowest BCUT2D eigenvalue weighted by Gasteiger charge is -2.11. The normalized spacial score (nSPS) is 13.2. The van der Waals surface area contributed by atoms with Crippen molar-refractivity contribution < 1.29 is 14.4 Å². The zero-order chi connectivity index (χ0) is 17.3. The minimum atomic E-state index is -0.352. The zero-order valence-corrected chi connectivity index (χ0v) is 13.8. The fraction of sp³-hybridized carbons (Fsp3) is 0.167. The molecule has 0 bridgehead atoms. The lowest BCUT2D eigenvalue weighted by atomic mass is 10.1. The van der Waals surface area contributed by atoms with Gasteiger partial charge >= 0.3 is 0 Å². The Hall–Kier alpha value is -2.66. The number of carbonyl (C=O) groups excluding carboxylic acids is 3. The number of hydrogen-bond acceptors (Lipinski definition) is 3. The summed E-state index contributed by atoms with van der Waals surface area (Å²) in [6, 6.07) is 11.3. The molecule has 0 saturated heterocycles. The van der Waals surface area contributed by atoms with Crippen molar-refractivity contribution in [1.29, 1.82) is 0 Å². The van der Waals surface area contributed by atoms with Crippen molar-refractivity contribution in [3.63, 3.8) is 0 Å². The number of carbonyl (C=O) groups is 3. The van der Waals surface area contributed by atoms with Gasteiger partial charge in [0.2, 0.25) is 0 Å². The highest BCUT2D eigenvalue weighted by Gasteiger charge is 2.35. The van der Waals surface area contributed by atoms with Crippen molar-refractivity contribution >= 4 is 35.0 Å². The van der Waals surface area contributed by atoms with Gasteiger partial charge in [0, 0.05) is 22.8 Å². The van der Waals surface area contributed by atoms with Gasteiger partial charge in [0.1, 0.15) is 0 Å². The monoisotopic (exact) mass is 342 g/mol. The van der Waals surface area contributed by atoms with Crippen molar-refractivity contribution in [2.45, 2.75) is 13.3 Å². The van der Waals surface area contributed by atoms with E-state index in [4.69, 9.17) is 11.6 Å². The minimum absolute atomic E-state index is 0.275.